The van der Waals surface area contributed by atoms with Gasteiger partial charge in [0.05, 0.1) is 12.2 Å². The number of aryl methyl sites for hydroxylation is 1. The summed E-state index contributed by atoms with van der Waals surface area (Å²) in [7, 11) is 1.76. The van der Waals surface area contributed by atoms with E-state index >= 15 is 0 Å². The maximum absolute atomic E-state index is 5.62. The van der Waals surface area contributed by atoms with Crippen molar-refractivity contribution >= 4 is 11.8 Å². The number of guanidine groups is 1. The number of hydrogen-bond acceptors (Lipinski definition) is 5. The number of anilines is 1. The SMILES string of the molecule is CN=C(NCc1ccnc(N2CCCC2)c1)NCc1coc(-c2ccc(C)cc2)n1. The summed E-state index contributed by atoms with van der Waals surface area (Å²) < 4.78 is 5.62. The van der Waals surface area contributed by atoms with Crippen molar-refractivity contribution in [2.45, 2.75) is 32.9 Å². The number of hydrogen-bond donors (Lipinski definition) is 2. The van der Waals surface area contributed by atoms with Gasteiger partial charge in [0.2, 0.25) is 5.89 Å². The van der Waals surface area contributed by atoms with E-state index in [-0.39, 0.29) is 0 Å². The van der Waals surface area contributed by atoms with E-state index < -0.39 is 0 Å². The molecule has 1 aliphatic rings. The largest absolute Gasteiger partial charge is 0.444 e. The number of pyridine rings is 1. The first-order valence-corrected chi connectivity index (χ1v) is 10.4. The average molecular weight is 405 g/mol. The normalized spacial score (nSPS) is 14.2. The summed E-state index contributed by atoms with van der Waals surface area (Å²) in [4.78, 5) is 15.7. The molecule has 1 aromatic carbocycles. The van der Waals surface area contributed by atoms with Gasteiger partial charge in [-0.05, 0) is 49.6 Å². The molecule has 4 rings (SSSR count). The Kier molecular flexibility index (Phi) is 6.27. The predicted molar refractivity (Wildman–Crippen MR) is 119 cm³/mol. The monoisotopic (exact) mass is 404 g/mol. The van der Waals surface area contributed by atoms with Crippen molar-refractivity contribution in [1.29, 1.82) is 0 Å². The fraction of sp³-hybridized carbons (Fsp3) is 0.348. The lowest BCUT2D eigenvalue weighted by Crippen LogP contribution is -2.36. The van der Waals surface area contributed by atoms with Crippen LogP contribution in [0.3, 0.4) is 0 Å². The van der Waals surface area contributed by atoms with E-state index in [0.717, 1.165) is 36.1 Å². The molecule has 3 aromatic rings. The van der Waals surface area contributed by atoms with E-state index in [0.29, 0.717) is 19.0 Å². The standard InChI is InChI=1S/C23H28N6O/c1-17-5-7-19(8-6-17)22-28-20(16-30-22)15-27-23(24-2)26-14-18-9-10-25-21(13-18)29-11-3-4-12-29/h5-10,13,16H,3-4,11-12,14-15H2,1-2H3,(H2,24,26,27). The Labute approximate surface area is 177 Å². The Morgan fingerprint density at radius 3 is 2.63 bits per heavy atom. The number of aliphatic imine (C=N–C) groups is 1. The summed E-state index contributed by atoms with van der Waals surface area (Å²) in [6.07, 6.45) is 6.05. The van der Waals surface area contributed by atoms with E-state index in [4.69, 9.17) is 4.42 Å². The minimum atomic E-state index is 0.532. The van der Waals surface area contributed by atoms with Gasteiger partial charge in [-0.1, -0.05) is 17.7 Å². The molecule has 3 heterocycles. The quantitative estimate of drug-likeness (QED) is 0.484. The van der Waals surface area contributed by atoms with E-state index in [1.807, 2.05) is 24.4 Å². The van der Waals surface area contributed by atoms with Crippen LogP contribution in [0.2, 0.25) is 0 Å². The smallest absolute Gasteiger partial charge is 0.226 e. The Morgan fingerprint density at radius 2 is 1.87 bits per heavy atom. The summed E-state index contributed by atoms with van der Waals surface area (Å²) in [6.45, 7) is 5.46. The molecule has 0 atom stereocenters. The number of oxazole rings is 1. The van der Waals surface area contributed by atoms with Gasteiger partial charge in [-0.15, -0.1) is 0 Å². The van der Waals surface area contributed by atoms with E-state index in [1.165, 1.54) is 24.0 Å². The Hall–Kier alpha value is -3.35. The number of nitrogens with zero attached hydrogens (tertiary/aromatic N) is 4. The van der Waals surface area contributed by atoms with Gasteiger partial charge in [-0.2, -0.15) is 0 Å². The summed E-state index contributed by atoms with van der Waals surface area (Å²) in [5.74, 6) is 2.40. The summed E-state index contributed by atoms with van der Waals surface area (Å²) >= 11 is 0. The van der Waals surface area contributed by atoms with Crippen molar-refractivity contribution in [2.24, 2.45) is 4.99 Å². The molecule has 7 heteroatoms. The summed E-state index contributed by atoms with van der Waals surface area (Å²) in [5.41, 5.74) is 4.19. The van der Waals surface area contributed by atoms with Gasteiger partial charge in [0.1, 0.15) is 12.1 Å². The molecule has 30 heavy (non-hydrogen) atoms. The second-order valence-corrected chi connectivity index (χ2v) is 7.51. The van der Waals surface area contributed by atoms with Crippen LogP contribution in [0.1, 0.15) is 29.7 Å². The molecule has 156 valence electrons. The zero-order valence-electron chi connectivity index (χ0n) is 17.6. The Morgan fingerprint density at radius 1 is 1.10 bits per heavy atom. The van der Waals surface area contributed by atoms with Crippen LogP contribution in [-0.2, 0) is 13.1 Å². The Balaban J connectivity index is 1.30. The van der Waals surface area contributed by atoms with E-state index in [1.54, 1.807) is 13.3 Å². The van der Waals surface area contributed by atoms with Gasteiger partial charge in [0.15, 0.2) is 5.96 Å². The second-order valence-electron chi connectivity index (χ2n) is 7.51. The third-order valence-electron chi connectivity index (χ3n) is 5.21. The molecule has 0 bridgehead atoms. The molecule has 0 aliphatic carbocycles. The van der Waals surface area contributed by atoms with Crippen molar-refractivity contribution in [2.75, 3.05) is 25.0 Å². The van der Waals surface area contributed by atoms with Crippen LogP contribution in [0.15, 0.2) is 58.3 Å². The topological polar surface area (TPSA) is 78.6 Å². The maximum atomic E-state index is 5.62. The van der Waals surface area contributed by atoms with E-state index in [9.17, 15) is 0 Å². The lowest BCUT2D eigenvalue weighted by atomic mass is 10.1. The van der Waals surface area contributed by atoms with Crippen LogP contribution in [0.4, 0.5) is 5.82 Å². The van der Waals surface area contributed by atoms with Crippen LogP contribution in [-0.4, -0.2) is 36.1 Å². The van der Waals surface area contributed by atoms with Crippen LogP contribution < -0.4 is 15.5 Å². The molecule has 0 saturated carbocycles. The Bertz CT molecular complexity index is 989. The van der Waals surface area contributed by atoms with Crippen molar-refractivity contribution in [3.8, 4) is 11.5 Å². The first-order valence-electron chi connectivity index (χ1n) is 10.4. The number of aromatic nitrogens is 2. The molecule has 0 amide bonds. The first-order chi connectivity index (χ1) is 14.7. The molecule has 1 saturated heterocycles. The number of rotatable bonds is 6. The van der Waals surface area contributed by atoms with Gasteiger partial charge in [-0.3, -0.25) is 4.99 Å². The van der Waals surface area contributed by atoms with E-state index in [2.05, 4.69) is 55.6 Å². The maximum Gasteiger partial charge on any atom is 0.226 e. The fourth-order valence-corrected chi connectivity index (χ4v) is 3.49. The number of benzene rings is 1. The molecule has 7 nitrogen and oxygen atoms in total. The molecule has 2 aromatic heterocycles. The third-order valence-corrected chi connectivity index (χ3v) is 5.21. The highest BCUT2D eigenvalue weighted by atomic mass is 16.3. The molecule has 1 fully saturated rings. The second kappa shape index (κ2) is 9.43. The van der Waals surface area contributed by atoms with Crippen molar-refractivity contribution < 1.29 is 4.42 Å². The molecular formula is C23H28N6O. The van der Waals surface area contributed by atoms with Gasteiger partial charge in [0.25, 0.3) is 0 Å². The lowest BCUT2D eigenvalue weighted by molar-refractivity contribution is 0.572. The molecule has 0 unspecified atom stereocenters. The highest BCUT2D eigenvalue weighted by molar-refractivity contribution is 5.79. The van der Waals surface area contributed by atoms with Crippen molar-refractivity contribution in [3.63, 3.8) is 0 Å². The zero-order valence-corrected chi connectivity index (χ0v) is 17.6. The summed E-state index contributed by atoms with van der Waals surface area (Å²) in [5, 5.41) is 6.64. The van der Waals surface area contributed by atoms with Crippen LogP contribution in [0, 0.1) is 6.92 Å². The van der Waals surface area contributed by atoms with Crippen LogP contribution in [0.25, 0.3) is 11.5 Å². The lowest BCUT2D eigenvalue weighted by Gasteiger charge is -2.17. The zero-order chi connectivity index (χ0) is 20.8. The fourth-order valence-electron chi connectivity index (χ4n) is 3.49. The van der Waals surface area contributed by atoms with Crippen molar-refractivity contribution in [1.82, 2.24) is 20.6 Å². The average Bonchev–Trinajstić information content (AvgIpc) is 3.47. The first kappa shape index (κ1) is 19.9. The number of nitrogens with one attached hydrogen (secondary N) is 2. The highest BCUT2D eigenvalue weighted by Gasteiger charge is 2.13. The van der Waals surface area contributed by atoms with Gasteiger partial charge < -0.3 is 20.0 Å². The summed E-state index contributed by atoms with van der Waals surface area (Å²) in [6, 6.07) is 12.3. The molecule has 0 spiro atoms. The minimum Gasteiger partial charge on any atom is -0.444 e. The third kappa shape index (κ3) is 4.97. The molecule has 1 aliphatic heterocycles. The van der Waals surface area contributed by atoms with Gasteiger partial charge in [-0.25, -0.2) is 9.97 Å². The molecule has 2 N–H and O–H groups in total. The minimum absolute atomic E-state index is 0.532. The van der Waals surface area contributed by atoms with Crippen LogP contribution in [0.5, 0.6) is 0 Å². The molecule has 0 radical (unpaired) electrons. The highest BCUT2D eigenvalue weighted by Crippen LogP contribution is 2.19. The molecular weight excluding hydrogens is 376 g/mol. The van der Waals surface area contributed by atoms with Gasteiger partial charge >= 0.3 is 0 Å². The van der Waals surface area contributed by atoms with Crippen molar-refractivity contribution in [3.05, 3.63) is 65.7 Å². The van der Waals surface area contributed by atoms with Crippen LogP contribution >= 0.6 is 0 Å². The van der Waals surface area contributed by atoms with Gasteiger partial charge in [0, 0.05) is 38.4 Å². The predicted octanol–water partition coefficient (Wildman–Crippen LogP) is 3.51.